The number of halogens is 3. The summed E-state index contributed by atoms with van der Waals surface area (Å²) in [5.74, 6) is 10.3. The fourth-order valence-electron chi connectivity index (χ4n) is 3.69. The first kappa shape index (κ1) is 37.6. The van der Waals surface area contributed by atoms with E-state index in [1.165, 1.54) is 23.4 Å². The Morgan fingerprint density at radius 1 is 0.750 bits per heavy atom. The third-order valence-electron chi connectivity index (χ3n) is 6.54. The van der Waals surface area contributed by atoms with E-state index in [0.717, 1.165) is 16.7 Å². The maximum absolute atomic E-state index is 14.2. The molecule has 4 rings (SSSR count). The number of hydrogen-bond donors (Lipinski definition) is 1. The van der Waals surface area contributed by atoms with Gasteiger partial charge in [-0.05, 0) is 62.9 Å². The van der Waals surface area contributed by atoms with Crippen LogP contribution < -0.4 is 5.32 Å². The van der Waals surface area contributed by atoms with Gasteiger partial charge in [-0.2, -0.15) is 0 Å². The number of rotatable bonds is 3. The quantitative estimate of drug-likeness (QED) is 0.230. The molecule has 1 N–H and O–H groups in total. The Morgan fingerprint density at radius 3 is 1.62 bits per heavy atom. The van der Waals surface area contributed by atoms with Crippen LogP contribution in [0, 0.1) is 41.8 Å². The lowest BCUT2D eigenvalue weighted by molar-refractivity contribution is 0.0644. The topological polar surface area (TPSA) is 101 Å². The zero-order valence-electron chi connectivity index (χ0n) is 28.2. The lowest BCUT2D eigenvalue weighted by Crippen LogP contribution is -2.43. The van der Waals surface area contributed by atoms with Crippen LogP contribution >= 0.6 is 23.2 Å². The summed E-state index contributed by atoms with van der Waals surface area (Å²) in [5.41, 5.74) is 3.03. The SMILES string of the molecule is CN(C(=O)c1ncc(C#Cc2cncc(Cl)c2)cc1F)C(C)(C)C.Cc1cc(C#Cc2cncc(Cl)c2)cnc1C(=O)NCC(C)(C)C. The Hall–Kier alpha value is -4.83. The van der Waals surface area contributed by atoms with Crippen LogP contribution in [-0.2, 0) is 0 Å². The largest absolute Gasteiger partial charge is 0.350 e. The normalized spacial score (nSPS) is 10.7. The van der Waals surface area contributed by atoms with Crippen molar-refractivity contribution in [2.75, 3.05) is 13.6 Å². The Labute approximate surface area is 291 Å². The molecule has 4 aromatic heterocycles. The van der Waals surface area contributed by atoms with Gasteiger partial charge < -0.3 is 10.2 Å². The van der Waals surface area contributed by atoms with Crippen molar-refractivity contribution >= 4 is 35.0 Å². The van der Waals surface area contributed by atoms with Gasteiger partial charge >= 0.3 is 0 Å². The van der Waals surface area contributed by atoms with Crippen LogP contribution in [0.25, 0.3) is 0 Å². The van der Waals surface area contributed by atoms with Crippen molar-refractivity contribution in [3.63, 3.8) is 0 Å². The molecule has 248 valence electrons. The van der Waals surface area contributed by atoms with E-state index in [0.29, 0.717) is 33.4 Å². The summed E-state index contributed by atoms with van der Waals surface area (Å²) >= 11 is 11.7. The zero-order valence-corrected chi connectivity index (χ0v) is 29.7. The Bertz CT molecular complexity index is 1930. The molecular weight excluding hydrogens is 650 g/mol. The highest BCUT2D eigenvalue weighted by Gasteiger charge is 2.26. The summed E-state index contributed by atoms with van der Waals surface area (Å²) in [7, 11) is 1.61. The fraction of sp³-hybridized carbons (Fsp3) is 0.297. The first-order chi connectivity index (χ1) is 22.4. The van der Waals surface area contributed by atoms with Crippen LogP contribution in [0.1, 0.15) is 90.3 Å². The third kappa shape index (κ3) is 11.8. The lowest BCUT2D eigenvalue weighted by Gasteiger charge is -2.31. The second-order valence-corrected chi connectivity index (χ2v) is 13.9. The molecule has 0 saturated heterocycles. The van der Waals surface area contributed by atoms with Crippen LogP contribution in [0.3, 0.4) is 0 Å². The first-order valence-corrected chi connectivity index (χ1v) is 15.6. The van der Waals surface area contributed by atoms with E-state index in [2.05, 4.69) is 69.7 Å². The van der Waals surface area contributed by atoms with Crippen LogP contribution in [0.2, 0.25) is 10.0 Å². The summed E-state index contributed by atoms with van der Waals surface area (Å²) < 4.78 is 14.2. The van der Waals surface area contributed by atoms with Gasteiger partial charge in [0.05, 0.1) is 10.0 Å². The number of nitrogens with zero attached hydrogens (tertiary/aromatic N) is 5. The molecule has 0 fully saturated rings. The average molecular weight is 688 g/mol. The predicted molar refractivity (Wildman–Crippen MR) is 187 cm³/mol. The second kappa shape index (κ2) is 16.3. The number of carbonyl (C=O) groups is 2. The molecule has 0 bridgehead atoms. The molecule has 0 spiro atoms. The number of amides is 2. The Balaban J connectivity index is 0.000000260. The van der Waals surface area contributed by atoms with Crippen molar-refractivity contribution < 1.29 is 14.0 Å². The Kier molecular flexibility index (Phi) is 12.8. The zero-order chi connectivity index (χ0) is 35.6. The van der Waals surface area contributed by atoms with Crippen LogP contribution in [0.4, 0.5) is 4.39 Å². The molecule has 4 aromatic rings. The molecule has 0 atom stereocenters. The standard InChI is InChI=1S/C19H20ClN3O.C18H17ClFN3O/c1-13-7-14(5-6-15-8-16(20)11-21-9-15)10-22-17(13)18(24)23-12-19(2,3)4;1-18(2,3)23(4)17(24)16-15(20)8-13(10-22-16)6-5-12-7-14(19)11-21-9-12/h7-11H,12H2,1-4H3,(H,23,24);7-11H,1-4H3. The molecule has 0 saturated carbocycles. The molecule has 0 aliphatic heterocycles. The number of aryl methyl sites for hydroxylation is 1. The van der Waals surface area contributed by atoms with E-state index in [-0.39, 0.29) is 17.0 Å². The molecule has 8 nitrogen and oxygen atoms in total. The van der Waals surface area contributed by atoms with Gasteiger partial charge in [-0.3, -0.25) is 19.6 Å². The van der Waals surface area contributed by atoms with Crippen molar-refractivity contribution in [3.8, 4) is 23.7 Å². The highest BCUT2D eigenvalue weighted by atomic mass is 35.5. The lowest BCUT2D eigenvalue weighted by atomic mass is 9.97. The summed E-state index contributed by atoms with van der Waals surface area (Å²) in [6.45, 7) is 14.2. The van der Waals surface area contributed by atoms with E-state index in [9.17, 15) is 14.0 Å². The predicted octanol–water partition coefficient (Wildman–Crippen LogP) is 7.15. The molecular formula is C37H37Cl2FN6O2. The van der Waals surface area contributed by atoms with Gasteiger partial charge in [0.25, 0.3) is 11.8 Å². The minimum atomic E-state index is -0.702. The van der Waals surface area contributed by atoms with E-state index < -0.39 is 17.3 Å². The molecule has 4 heterocycles. The maximum Gasteiger partial charge on any atom is 0.275 e. The highest BCUT2D eigenvalue weighted by Crippen LogP contribution is 2.17. The summed E-state index contributed by atoms with van der Waals surface area (Å²) in [5, 5.41) is 3.92. The number of hydrogen-bond acceptors (Lipinski definition) is 6. The number of aromatic nitrogens is 4. The number of nitrogens with one attached hydrogen (secondary N) is 1. The van der Waals surface area contributed by atoms with Crippen LogP contribution in [-0.4, -0.2) is 55.8 Å². The first-order valence-electron chi connectivity index (χ1n) is 14.9. The van der Waals surface area contributed by atoms with E-state index >= 15 is 0 Å². The smallest absolute Gasteiger partial charge is 0.275 e. The minimum Gasteiger partial charge on any atom is -0.350 e. The van der Waals surface area contributed by atoms with Gasteiger partial charge in [-0.1, -0.05) is 67.7 Å². The highest BCUT2D eigenvalue weighted by molar-refractivity contribution is 6.30. The van der Waals surface area contributed by atoms with Gasteiger partial charge in [0.15, 0.2) is 11.5 Å². The maximum atomic E-state index is 14.2. The van der Waals surface area contributed by atoms with Crippen molar-refractivity contribution in [2.45, 2.75) is 54.0 Å². The molecule has 0 aromatic carbocycles. The fourth-order valence-corrected chi connectivity index (χ4v) is 4.03. The van der Waals surface area contributed by atoms with Crippen LogP contribution in [0.15, 0.2) is 61.4 Å². The van der Waals surface area contributed by atoms with E-state index in [4.69, 9.17) is 23.2 Å². The third-order valence-corrected chi connectivity index (χ3v) is 6.95. The van der Waals surface area contributed by atoms with Crippen molar-refractivity contribution in [2.24, 2.45) is 5.41 Å². The van der Waals surface area contributed by atoms with Gasteiger partial charge in [0.1, 0.15) is 5.69 Å². The van der Waals surface area contributed by atoms with E-state index in [1.807, 2.05) is 33.8 Å². The van der Waals surface area contributed by atoms with Gasteiger partial charge in [-0.25, -0.2) is 14.4 Å². The molecule has 0 unspecified atom stereocenters. The van der Waals surface area contributed by atoms with Crippen molar-refractivity contribution in [1.82, 2.24) is 30.2 Å². The minimum absolute atomic E-state index is 0.0278. The average Bonchev–Trinajstić information content (AvgIpc) is 3.01. The Morgan fingerprint density at radius 2 is 1.21 bits per heavy atom. The molecule has 0 radical (unpaired) electrons. The van der Waals surface area contributed by atoms with Gasteiger partial charge in [0, 0.05) is 78.6 Å². The van der Waals surface area contributed by atoms with E-state index in [1.54, 1.807) is 44.0 Å². The number of carbonyl (C=O) groups excluding carboxylic acids is 2. The molecule has 2 amide bonds. The van der Waals surface area contributed by atoms with Gasteiger partial charge in [-0.15, -0.1) is 0 Å². The summed E-state index contributed by atoms with van der Waals surface area (Å²) in [6.07, 6.45) is 9.23. The number of pyridine rings is 4. The molecule has 11 heteroatoms. The van der Waals surface area contributed by atoms with Crippen molar-refractivity contribution in [3.05, 3.63) is 117 Å². The summed E-state index contributed by atoms with van der Waals surface area (Å²) in [6, 6.07) is 6.45. The molecule has 0 aliphatic carbocycles. The van der Waals surface area contributed by atoms with Crippen LogP contribution in [0.5, 0.6) is 0 Å². The molecule has 48 heavy (non-hydrogen) atoms. The van der Waals surface area contributed by atoms with Gasteiger partial charge in [0.2, 0.25) is 0 Å². The monoisotopic (exact) mass is 686 g/mol. The van der Waals surface area contributed by atoms with Crippen molar-refractivity contribution in [1.29, 1.82) is 0 Å². The second-order valence-electron chi connectivity index (χ2n) is 13.0. The summed E-state index contributed by atoms with van der Waals surface area (Å²) in [4.78, 5) is 42.1. The molecule has 0 aliphatic rings.